The molecule has 0 radical (unpaired) electrons. The minimum atomic E-state index is -0.0738. The minimum Gasteiger partial charge on any atom is -0.463 e. The second kappa shape index (κ2) is 6.72. The number of furan rings is 1. The Kier molecular flexibility index (Phi) is 4.98. The molecule has 2 N–H and O–H groups in total. The molecule has 106 valence electrons. The summed E-state index contributed by atoms with van der Waals surface area (Å²) in [4.78, 5) is 13.3. The molecule has 0 aliphatic carbocycles. The van der Waals surface area contributed by atoms with Crippen molar-refractivity contribution in [2.45, 2.75) is 6.04 Å². The maximum Gasteiger partial charge on any atom is 0.251 e. The van der Waals surface area contributed by atoms with Crippen LogP contribution in [0.5, 0.6) is 0 Å². The van der Waals surface area contributed by atoms with Crippen molar-refractivity contribution in [1.29, 1.82) is 0 Å². The van der Waals surface area contributed by atoms with Crippen molar-refractivity contribution in [3.05, 3.63) is 58.5 Å². The quantitative estimate of drug-likeness (QED) is 0.871. The van der Waals surface area contributed by atoms with Crippen LogP contribution in [0.2, 0.25) is 0 Å². The lowest BCUT2D eigenvalue weighted by Crippen LogP contribution is -3.07. The van der Waals surface area contributed by atoms with Gasteiger partial charge >= 0.3 is 0 Å². The van der Waals surface area contributed by atoms with Gasteiger partial charge in [-0.05, 0) is 36.4 Å². The summed E-state index contributed by atoms with van der Waals surface area (Å²) >= 11 is 3.35. The van der Waals surface area contributed by atoms with E-state index in [9.17, 15) is 4.79 Å². The summed E-state index contributed by atoms with van der Waals surface area (Å²) < 4.78 is 6.39. The zero-order valence-electron chi connectivity index (χ0n) is 11.5. The fraction of sp³-hybridized carbons (Fsp3) is 0.267. The van der Waals surface area contributed by atoms with E-state index < -0.39 is 0 Å². The van der Waals surface area contributed by atoms with Crippen LogP contribution >= 0.6 is 15.9 Å². The van der Waals surface area contributed by atoms with Gasteiger partial charge in [-0.1, -0.05) is 15.9 Å². The number of carbonyl (C=O) groups excluding carboxylic acids is 1. The highest BCUT2D eigenvalue weighted by Gasteiger charge is 2.21. The normalized spacial score (nSPS) is 12.4. The largest absolute Gasteiger partial charge is 0.463 e. The lowest BCUT2D eigenvalue weighted by Gasteiger charge is -2.19. The van der Waals surface area contributed by atoms with Gasteiger partial charge < -0.3 is 14.6 Å². The van der Waals surface area contributed by atoms with Crippen LogP contribution in [0.15, 0.2) is 51.6 Å². The van der Waals surface area contributed by atoms with E-state index in [2.05, 4.69) is 21.2 Å². The molecule has 1 heterocycles. The summed E-state index contributed by atoms with van der Waals surface area (Å²) in [6.07, 6.45) is 1.65. The second-order valence-corrected chi connectivity index (χ2v) is 5.78. The smallest absolute Gasteiger partial charge is 0.251 e. The van der Waals surface area contributed by atoms with Crippen molar-refractivity contribution in [2.75, 3.05) is 20.6 Å². The predicted molar refractivity (Wildman–Crippen MR) is 80.7 cm³/mol. The first-order valence-electron chi connectivity index (χ1n) is 6.45. The molecule has 2 rings (SSSR count). The molecular weight excluding hydrogens is 320 g/mol. The molecule has 0 spiro atoms. The molecule has 4 nitrogen and oxygen atoms in total. The summed E-state index contributed by atoms with van der Waals surface area (Å²) in [5.41, 5.74) is 0.653. The lowest BCUT2D eigenvalue weighted by atomic mass is 10.2. The van der Waals surface area contributed by atoms with Crippen molar-refractivity contribution < 1.29 is 14.1 Å². The molecule has 0 unspecified atom stereocenters. The number of amides is 1. The summed E-state index contributed by atoms with van der Waals surface area (Å²) in [6, 6.07) is 11.2. The number of hydrogen-bond acceptors (Lipinski definition) is 2. The van der Waals surface area contributed by atoms with Crippen LogP contribution in [0.3, 0.4) is 0 Å². The van der Waals surface area contributed by atoms with E-state index in [-0.39, 0.29) is 11.9 Å². The van der Waals surface area contributed by atoms with Crippen molar-refractivity contribution in [3.63, 3.8) is 0 Å². The fourth-order valence-electron chi connectivity index (χ4n) is 1.98. The van der Waals surface area contributed by atoms with Crippen LogP contribution in [-0.2, 0) is 0 Å². The fourth-order valence-corrected chi connectivity index (χ4v) is 2.24. The Morgan fingerprint density at radius 1 is 1.30 bits per heavy atom. The van der Waals surface area contributed by atoms with Crippen molar-refractivity contribution in [2.24, 2.45) is 0 Å². The Bertz CT molecular complexity index is 550. The molecule has 1 aromatic heterocycles. The first-order valence-corrected chi connectivity index (χ1v) is 7.24. The van der Waals surface area contributed by atoms with Crippen LogP contribution in [0.25, 0.3) is 0 Å². The van der Waals surface area contributed by atoms with Gasteiger partial charge in [-0.25, -0.2) is 0 Å². The van der Waals surface area contributed by atoms with Gasteiger partial charge in [-0.2, -0.15) is 0 Å². The zero-order chi connectivity index (χ0) is 14.5. The number of quaternary nitrogens is 1. The number of benzene rings is 1. The van der Waals surface area contributed by atoms with Gasteiger partial charge in [0.05, 0.1) is 26.9 Å². The van der Waals surface area contributed by atoms with Gasteiger partial charge in [0.15, 0.2) is 11.8 Å². The van der Waals surface area contributed by atoms with Gasteiger partial charge in [-0.15, -0.1) is 0 Å². The number of carbonyl (C=O) groups is 1. The molecule has 20 heavy (non-hydrogen) atoms. The molecule has 1 amide bonds. The third-order valence-electron chi connectivity index (χ3n) is 3.16. The Hall–Kier alpha value is -1.59. The summed E-state index contributed by atoms with van der Waals surface area (Å²) in [7, 11) is 4.08. The molecule has 0 saturated heterocycles. The van der Waals surface area contributed by atoms with Crippen molar-refractivity contribution >= 4 is 21.8 Å². The van der Waals surface area contributed by atoms with E-state index in [4.69, 9.17) is 4.42 Å². The van der Waals surface area contributed by atoms with Gasteiger partial charge in [0.25, 0.3) is 5.91 Å². The SMILES string of the molecule is C[NH+](C)[C@H](CNC(=O)c1ccc(Br)cc1)c1ccco1. The standard InChI is InChI=1S/C15H17BrN2O2/c1-18(2)13(14-4-3-9-20-14)10-17-15(19)11-5-7-12(16)8-6-11/h3-9,13H,10H2,1-2H3,(H,17,19)/p+1/t13-/m1/s1. The molecule has 1 atom stereocenters. The first kappa shape index (κ1) is 14.8. The van der Waals surface area contributed by atoms with Gasteiger partial charge in [0, 0.05) is 10.0 Å². The van der Waals surface area contributed by atoms with Crippen molar-refractivity contribution in [3.8, 4) is 0 Å². The highest BCUT2D eigenvalue weighted by Crippen LogP contribution is 2.11. The first-order chi connectivity index (χ1) is 9.58. The van der Waals surface area contributed by atoms with Gasteiger partial charge in [-0.3, -0.25) is 4.79 Å². The summed E-state index contributed by atoms with van der Waals surface area (Å²) in [5, 5.41) is 2.95. The highest BCUT2D eigenvalue weighted by atomic mass is 79.9. The average molecular weight is 338 g/mol. The molecular formula is C15H18BrN2O2+. The van der Waals surface area contributed by atoms with Gasteiger partial charge in [0.1, 0.15) is 0 Å². The molecule has 0 fully saturated rings. The Morgan fingerprint density at radius 3 is 2.55 bits per heavy atom. The highest BCUT2D eigenvalue weighted by molar-refractivity contribution is 9.10. The predicted octanol–water partition coefficient (Wildman–Crippen LogP) is 1.66. The Balaban J connectivity index is 1.99. The molecule has 1 aromatic carbocycles. The van der Waals surface area contributed by atoms with E-state index in [1.54, 1.807) is 18.4 Å². The zero-order valence-corrected chi connectivity index (χ0v) is 13.1. The topological polar surface area (TPSA) is 46.7 Å². The van der Waals surface area contributed by atoms with E-state index >= 15 is 0 Å². The molecule has 0 saturated carbocycles. The van der Waals surface area contributed by atoms with E-state index in [0.717, 1.165) is 10.2 Å². The third kappa shape index (κ3) is 3.71. The van der Waals surface area contributed by atoms with Crippen LogP contribution < -0.4 is 10.2 Å². The monoisotopic (exact) mass is 337 g/mol. The number of rotatable bonds is 5. The van der Waals surface area contributed by atoms with E-state index in [0.29, 0.717) is 12.1 Å². The van der Waals surface area contributed by atoms with Crippen LogP contribution in [-0.4, -0.2) is 26.5 Å². The average Bonchev–Trinajstić information content (AvgIpc) is 2.93. The molecule has 0 bridgehead atoms. The lowest BCUT2D eigenvalue weighted by molar-refractivity contribution is -0.891. The minimum absolute atomic E-state index is 0.0738. The number of hydrogen-bond donors (Lipinski definition) is 2. The summed E-state index contributed by atoms with van der Waals surface area (Å²) in [5.74, 6) is 0.802. The van der Waals surface area contributed by atoms with Crippen LogP contribution in [0, 0.1) is 0 Å². The molecule has 2 aromatic rings. The number of likely N-dealkylation sites (N-methyl/N-ethyl adjacent to an activating group) is 1. The number of nitrogens with one attached hydrogen (secondary N) is 2. The van der Waals surface area contributed by atoms with Gasteiger partial charge in [0.2, 0.25) is 0 Å². The Morgan fingerprint density at radius 2 is 2.00 bits per heavy atom. The maximum absolute atomic E-state index is 12.1. The molecule has 0 aliphatic heterocycles. The maximum atomic E-state index is 12.1. The van der Waals surface area contributed by atoms with Crippen LogP contribution in [0.4, 0.5) is 0 Å². The number of halogens is 1. The van der Waals surface area contributed by atoms with Crippen LogP contribution in [0.1, 0.15) is 22.2 Å². The third-order valence-corrected chi connectivity index (χ3v) is 3.69. The Labute approximate surface area is 126 Å². The second-order valence-electron chi connectivity index (χ2n) is 4.86. The van der Waals surface area contributed by atoms with E-state index in [1.165, 1.54) is 4.90 Å². The van der Waals surface area contributed by atoms with Crippen molar-refractivity contribution in [1.82, 2.24) is 5.32 Å². The molecule has 0 aliphatic rings. The molecule has 5 heteroatoms. The summed E-state index contributed by atoms with van der Waals surface area (Å²) in [6.45, 7) is 0.532. The van der Waals surface area contributed by atoms with E-state index in [1.807, 2.05) is 38.4 Å².